The molecule has 2 aromatic heterocycles. The van der Waals surface area contributed by atoms with Gasteiger partial charge in [0.15, 0.2) is 5.82 Å². The van der Waals surface area contributed by atoms with Gasteiger partial charge in [-0.2, -0.15) is 0 Å². The molecule has 2 N–H and O–H groups in total. The summed E-state index contributed by atoms with van der Waals surface area (Å²) in [6.45, 7) is 0. The number of nitrogens with zero attached hydrogens (tertiary/aromatic N) is 3. The van der Waals surface area contributed by atoms with E-state index in [1.165, 1.54) is 6.33 Å². The Bertz CT molecular complexity index is 366. The number of aromatic nitrogens is 3. The van der Waals surface area contributed by atoms with Crippen LogP contribution in [0.4, 0.5) is 5.82 Å². The van der Waals surface area contributed by atoms with Gasteiger partial charge in [0.1, 0.15) is 12.0 Å². The molecule has 0 spiro atoms. The van der Waals surface area contributed by atoms with E-state index in [-0.39, 0.29) is 0 Å². The van der Waals surface area contributed by atoms with Crippen molar-refractivity contribution in [3.63, 3.8) is 0 Å². The Kier molecular flexibility index (Phi) is 1.51. The first-order chi connectivity index (χ1) is 5.88. The molecule has 0 radical (unpaired) electrons. The SMILES string of the molecule is Nc1ncncc1-n1cccc1. The Labute approximate surface area is 69.7 Å². The number of hydrogen-bond acceptors (Lipinski definition) is 3. The van der Waals surface area contributed by atoms with Crippen molar-refractivity contribution in [2.75, 3.05) is 5.73 Å². The molecule has 4 nitrogen and oxygen atoms in total. The molecule has 0 aliphatic heterocycles. The molecule has 0 aliphatic carbocycles. The van der Waals surface area contributed by atoms with E-state index in [0.717, 1.165) is 5.69 Å². The molecule has 0 aliphatic rings. The Hall–Kier alpha value is -1.84. The lowest BCUT2D eigenvalue weighted by atomic mass is 10.5. The molecule has 2 heterocycles. The second-order valence-electron chi connectivity index (χ2n) is 2.38. The average molecular weight is 160 g/mol. The summed E-state index contributed by atoms with van der Waals surface area (Å²) >= 11 is 0. The maximum Gasteiger partial charge on any atom is 0.151 e. The summed E-state index contributed by atoms with van der Waals surface area (Å²) in [6, 6.07) is 3.85. The van der Waals surface area contributed by atoms with Gasteiger partial charge in [-0.15, -0.1) is 0 Å². The summed E-state index contributed by atoms with van der Waals surface area (Å²) in [5, 5.41) is 0. The summed E-state index contributed by atoms with van der Waals surface area (Å²) in [6.07, 6.45) is 6.91. The van der Waals surface area contributed by atoms with Crippen LogP contribution in [-0.2, 0) is 0 Å². The van der Waals surface area contributed by atoms with E-state index in [0.29, 0.717) is 5.82 Å². The first-order valence-electron chi connectivity index (χ1n) is 3.57. The van der Waals surface area contributed by atoms with Crippen molar-refractivity contribution in [3.8, 4) is 5.69 Å². The largest absolute Gasteiger partial charge is 0.382 e. The summed E-state index contributed by atoms with van der Waals surface area (Å²) in [5.41, 5.74) is 6.45. The van der Waals surface area contributed by atoms with Crippen molar-refractivity contribution in [1.82, 2.24) is 14.5 Å². The predicted octanol–water partition coefficient (Wildman–Crippen LogP) is 0.850. The van der Waals surface area contributed by atoms with Gasteiger partial charge in [0.25, 0.3) is 0 Å². The van der Waals surface area contributed by atoms with Gasteiger partial charge in [-0.3, -0.25) is 0 Å². The van der Waals surface area contributed by atoms with Crippen molar-refractivity contribution in [1.29, 1.82) is 0 Å². The maximum atomic E-state index is 5.64. The molecule has 0 aromatic carbocycles. The van der Waals surface area contributed by atoms with Gasteiger partial charge < -0.3 is 10.3 Å². The van der Waals surface area contributed by atoms with Gasteiger partial charge in [-0.05, 0) is 12.1 Å². The molecular weight excluding hydrogens is 152 g/mol. The zero-order valence-electron chi connectivity index (χ0n) is 6.38. The van der Waals surface area contributed by atoms with E-state index >= 15 is 0 Å². The quantitative estimate of drug-likeness (QED) is 0.672. The fourth-order valence-electron chi connectivity index (χ4n) is 1.03. The highest BCUT2D eigenvalue weighted by Crippen LogP contribution is 2.11. The molecule has 0 unspecified atom stereocenters. The normalized spacial score (nSPS) is 10.0. The summed E-state index contributed by atoms with van der Waals surface area (Å²) in [5.74, 6) is 0.487. The Balaban J connectivity index is 2.55. The summed E-state index contributed by atoms with van der Waals surface area (Å²) in [7, 11) is 0. The standard InChI is InChI=1S/C8H8N4/c9-8-7(5-10-6-11-8)12-3-1-2-4-12/h1-6H,(H2,9,10,11). The molecule has 0 saturated carbocycles. The second kappa shape index (κ2) is 2.65. The molecule has 12 heavy (non-hydrogen) atoms. The Morgan fingerprint density at radius 1 is 1.25 bits per heavy atom. The van der Waals surface area contributed by atoms with E-state index < -0.39 is 0 Å². The lowest BCUT2D eigenvalue weighted by Gasteiger charge is -2.03. The summed E-state index contributed by atoms with van der Waals surface area (Å²) < 4.78 is 1.87. The van der Waals surface area contributed by atoms with Crippen LogP contribution >= 0.6 is 0 Å². The molecule has 0 bridgehead atoms. The molecular formula is C8H8N4. The predicted molar refractivity (Wildman–Crippen MR) is 45.8 cm³/mol. The van der Waals surface area contributed by atoms with E-state index in [4.69, 9.17) is 5.73 Å². The summed E-state index contributed by atoms with van der Waals surface area (Å²) in [4.78, 5) is 7.77. The average Bonchev–Trinajstić information content (AvgIpc) is 2.57. The van der Waals surface area contributed by atoms with Crippen LogP contribution in [0.1, 0.15) is 0 Å². The van der Waals surface area contributed by atoms with Crippen LogP contribution in [0.15, 0.2) is 37.1 Å². The molecule has 0 atom stereocenters. The van der Waals surface area contributed by atoms with E-state index in [2.05, 4.69) is 9.97 Å². The lowest BCUT2D eigenvalue weighted by molar-refractivity contribution is 1.03. The van der Waals surface area contributed by atoms with E-state index in [1.54, 1.807) is 6.20 Å². The van der Waals surface area contributed by atoms with E-state index in [1.807, 2.05) is 29.1 Å². The third kappa shape index (κ3) is 1.03. The molecule has 60 valence electrons. The van der Waals surface area contributed by atoms with Gasteiger partial charge in [0, 0.05) is 12.4 Å². The molecule has 0 saturated heterocycles. The van der Waals surface area contributed by atoms with Crippen molar-refractivity contribution in [3.05, 3.63) is 37.1 Å². The van der Waals surface area contributed by atoms with Crippen LogP contribution in [0.25, 0.3) is 5.69 Å². The van der Waals surface area contributed by atoms with Gasteiger partial charge in [-0.1, -0.05) is 0 Å². The maximum absolute atomic E-state index is 5.64. The number of rotatable bonds is 1. The monoisotopic (exact) mass is 160 g/mol. The minimum Gasteiger partial charge on any atom is -0.382 e. The van der Waals surface area contributed by atoms with Crippen molar-refractivity contribution in [2.24, 2.45) is 0 Å². The van der Waals surface area contributed by atoms with Crippen LogP contribution in [0.2, 0.25) is 0 Å². The first kappa shape index (κ1) is 6.84. The van der Waals surface area contributed by atoms with Crippen molar-refractivity contribution >= 4 is 5.82 Å². The van der Waals surface area contributed by atoms with Crippen molar-refractivity contribution in [2.45, 2.75) is 0 Å². The molecule has 2 rings (SSSR count). The number of anilines is 1. The number of nitrogens with two attached hydrogens (primary N) is 1. The van der Waals surface area contributed by atoms with Gasteiger partial charge >= 0.3 is 0 Å². The van der Waals surface area contributed by atoms with Crippen LogP contribution in [0.5, 0.6) is 0 Å². The van der Waals surface area contributed by atoms with Crippen LogP contribution in [-0.4, -0.2) is 14.5 Å². The number of hydrogen-bond donors (Lipinski definition) is 1. The zero-order chi connectivity index (χ0) is 8.39. The minimum absolute atomic E-state index is 0.487. The minimum atomic E-state index is 0.487. The fraction of sp³-hybridized carbons (Fsp3) is 0. The molecule has 2 aromatic rings. The molecule has 0 fully saturated rings. The van der Waals surface area contributed by atoms with Crippen LogP contribution < -0.4 is 5.73 Å². The Morgan fingerprint density at radius 3 is 2.67 bits per heavy atom. The van der Waals surface area contributed by atoms with Gasteiger partial charge in [0.05, 0.1) is 6.20 Å². The highest BCUT2D eigenvalue weighted by molar-refractivity contribution is 5.49. The lowest BCUT2D eigenvalue weighted by Crippen LogP contribution is -2.00. The van der Waals surface area contributed by atoms with Crippen LogP contribution in [0.3, 0.4) is 0 Å². The smallest absolute Gasteiger partial charge is 0.151 e. The van der Waals surface area contributed by atoms with Gasteiger partial charge in [-0.25, -0.2) is 9.97 Å². The fourth-order valence-corrected chi connectivity index (χ4v) is 1.03. The van der Waals surface area contributed by atoms with E-state index in [9.17, 15) is 0 Å². The second-order valence-corrected chi connectivity index (χ2v) is 2.38. The third-order valence-electron chi connectivity index (χ3n) is 1.61. The topological polar surface area (TPSA) is 56.7 Å². The number of nitrogen functional groups attached to an aromatic ring is 1. The van der Waals surface area contributed by atoms with Gasteiger partial charge in [0.2, 0.25) is 0 Å². The Morgan fingerprint density at radius 2 is 2.00 bits per heavy atom. The zero-order valence-corrected chi connectivity index (χ0v) is 6.38. The molecule has 0 amide bonds. The third-order valence-corrected chi connectivity index (χ3v) is 1.61. The highest BCUT2D eigenvalue weighted by Gasteiger charge is 1.99. The molecule has 4 heteroatoms. The highest BCUT2D eigenvalue weighted by atomic mass is 15.0. The van der Waals surface area contributed by atoms with Crippen molar-refractivity contribution < 1.29 is 0 Å². The van der Waals surface area contributed by atoms with Crippen LogP contribution in [0, 0.1) is 0 Å². The first-order valence-corrected chi connectivity index (χ1v) is 3.57.